The molecule has 114 valence electrons. The van der Waals surface area contributed by atoms with Gasteiger partial charge in [-0.25, -0.2) is 4.98 Å². The third kappa shape index (κ3) is 2.69. The molecule has 1 aromatic heterocycles. The molecule has 0 bridgehead atoms. The summed E-state index contributed by atoms with van der Waals surface area (Å²) in [5.74, 6) is 1.82. The second kappa shape index (κ2) is 5.21. The summed E-state index contributed by atoms with van der Waals surface area (Å²) in [6.07, 6.45) is 0.880. The van der Waals surface area contributed by atoms with Crippen molar-refractivity contribution in [3.05, 3.63) is 34.6 Å². The summed E-state index contributed by atoms with van der Waals surface area (Å²) in [5.41, 5.74) is 12.3. The van der Waals surface area contributed by atoms with Crippen molar-refractivity contribution >= 4 is 5.82 Å². The highest BCUT2D eigenvalue weighted by atomic mass is 15.2. The molecule has 2 N–H and O–H groups in total. The zero-order chi connectivity index (χ0) is 15.9. The van der Waals surface area contributed by atoms with E-state index in [0.29, 0.717) is 0 Å². The van der Waals surface area contributed by atoms with Gasteiger partial charge in [-0.05, 0) is 64.3 Å². The van der Waals surface area contributed by atoms with Crippen LogP contribution in [0.25, 0.3) is 11.3 Å². The van der Waals surface area contributed by atoms with E-state index in [1.54, 1.807) is 0 Å². The first-order valence-corrected chi connectivity index (χ1v) is 7.62. The maximum absolute atomic E-state index is 6.46. The molecule has 21 heavy (non-hydrogen) atoms. The van der Waals surface area contributed by atoms with Gasteiger partial charge in [-0.3, -0.25) is 0 Å². The molecule has 0 aliphatic heterocycles. The van der Waals surface area contributed by atoms with Gasteiger partial charge in [-0.1, -0.05) is 13.0 Å². The van der Waals surface area contributed by atoms with Crippen molar-refractivity contribution in [2.75, 3.05) is 5.73 Å². The fourth-order valence-electron chi connectivity index (χ4n) is 2.88. The van der Waals surface area contributed by atoms with E-state index in [1.807, 2.05) is 0 Å². The van der Waals surface area contributed by atoms with Gasteiger partial charge in [0.2, 0.25) is 0 Å². The maximum Gasteiger partial charge on any atom is 0.132 e. The Morgan fingerprint density at radius 2 is 1.62 bits per heavy atom. The van der Waals surface area contributed by atoms with Crippen molar-refractivity contribution in [3.8, 4) is 11.3 Å². The van der Waals surface area contributed by atoms with Gasteiger partial charge in [-0.2, -0.15) is 0 Å². The molecule has 0 saturated carbocycles. The minimum Gasteiger partial charge on any atom is -0.383 e. The van der Waals surface area contributed by atoms with Crippen molar-refractivity contribution in [2.45, 2.75) is 60.4 Å². The zero-order valence-corrected chi connectivity index (χ0v) is 14.3. The third-order valence-electron chi connectivity index (χ3n) is 4.07. The monoisotopic (exact) mass is 285 g/mol. The summed E-state index contributed by atoms with van der Waals surface area (Å²) < 4.78 is 2.16. The van der Waals surface area contributed by atoms with Crippen molar-refractivity contribution in [1.82, 2.24) is 9.55 Å². The number of rotatable bonds is 2. The molecule has 0 aliphatic carbocycles. The molecular formula is C18H27N3. The van der Waals surface area contributed by atoms with Crippen LogP contribution in [0.15, 0.2) is 12.1 Å². The minimum atomic E-state index is -0.0612. The van der Waals surface area contributed by atoms with E-state index in [1.165, 1.54) is 16.7 Å². The van der Waals surface area contributed by atoms with Gasteiger partial charge in [0.1, 0.15) is 17.3 Å². The van der Waals surface area contributed by atoms with Crippen LogP contribution < -0.4 is 5.73 Å². The Morgan fingerprint density at radius 3 is 2.10 bits per heavy atom. The average molecular weight is 285 g/mol. The van der Waals surface area contributed by atoms with Crippen LogP contribution in [0.2, 0.25) is 0 Å². The van der Waals surface area contributed by atoms with Gasteiger partial charge in [0.05, 0.1) is 0 Å². The molecule has 0 saturated heterocycles. The summed E-state index contributed by atoms with van der Waals surface area (Å²) >= 11 is 0. The van der Waals surface area contributed by atoms with E-state index in [2.05, 4.69) is 65.2 Å². The van der Waals surface area contributed by atoms with Gasteiger partial charge < -0.3 is 10.3 Å². The molecule has 1 heterocycles. The van der Waals surface area contributed by atoms with Gasteiger partial charge >= 0.3 is 0 Å². The summed E-state index contributed by atoms with van der Waals surface area (Å²) in [5, 5.41) is 0. The van der Waals surface area contributed by atoms with Gasteiger partial charge in [-0.15, -0.1) is 0 Å². The summed E-state index contributed by atoms with van der Waals surface area (Å²) in [6, 6.07) is 4.42. The number of nitrogens with two attached hydrogens (primary N) is 1. The highest BCUT2D eigenvalue weighted by Crippen LogP contribution is 2.34. The van der Waals surface area contributed by atoms with E-state index in [-0.39, 0.29) is 5.54 Å². The fourth-order valence-corrected chi connectivity index (χ4v) is 2.88. The lowest BCUT2D eigenvalue weighted by molar-refractivity contribution is 0.389. The Balaban J connectivity index is 2.72. The van der Waals surface area contributed by atoms with Crippen LogP contribution in [0, 0.1) is 20.8 Å². The van der Waals surface area contributed by atoms with Crippen LogP contribution >= 0.6 is 0 Å². The van der Waals surface area contributed by atoms with E-state index < -0.39 is 0 Å². The van der Waals surface area contributed by atoms with Crippen molar-refractivity contribution in [2.24, 2.45) is 0 Å². The zero-order valence-electron chi connectivity index (χ0n) is 14.3. The van der Waals surface area contributed by atoms with E-state index >= 15 is 0 Å². The Morgan fingerprint density at radius 1 is 1.05 bits per heavy atom. The smallest absolute Gasteiger partial charge is 0.132 e. The molecule has 0 aliphatic rings. The van der Waals surface area contributed by atoms with Crippen LogP contribution in [-0.2, 0) is 12.0 Å². The van der Waals surface area contributed by atoms with Crippen LogP contribution in [0.1, 0.15) is 50.2 Å². The van der Waals surface area contributed by atoms with Gasteiger partial charge in [0.25, 0.3) is 0 Å². The van der Waals surface area contributed by atoms with Gasteiger partial charge in [0.15, 0.2) is 0 Å². The van der Waals surface area contributed by atoms with Crippen molar-refractivity contribution in [1.29, 1.82) is 0 Å². The molecule has 0 radical (unpaired) electrons. The first-order valence-electron chi connectivity index (χ1n) is 7.62. The Kier molecular flexibility index (Phi) is 3.87. The summed E-state index contributed by atoms with van der Waals surface area (Å²) in [7, 11) is 0. The van der Waals surface area contributed by atoms with E-state index in [0.717, 1.165) is 29.3 Å². The number of hydrogen-bond acceptors (Lipinski definition) is 2. The predicted octanol–water partition coefficient (Wildman–Crippen LogP) is 4.37. The number of hydrogen-bond donors (Lipinski definition) is 1. The number of anilines is 1. The molecule has 0 amide bonds. The first-order chi connectivity index (χ1) is 9.66. The van der Waals surface area contributed by atoms with Crippen molar-refractivity contribution in [3.63, 3.8) is 0 Å². The molecule has 2 aromatic rings. The second-order valence-corrected chi connectivity index (χ2v) is 6.87. The number of nitrogens with zero attached hydrogens (tertiary/aromatic N) is 2. The quantitative estimate of drug-likeness (QED) is 0.890. The minimum absolute atomic E-state index is 0.0612. The SMILES string of the molecule is CCc1nc(-c2cc(C)c(C)cc2C)c(N)n1C(C)(C)C. The highest BCUT2D eigenvalue weighted by Gasteiger charge is 2.24. The number of imidazole rings is 1. The lowest BCUT2D eigenvalue weighted by Gasteiger charge is -2.24. The molecule has 0 unspecified atom stereocenters. The normalized spacial score (nSPS) is 12.0. The number of aryl methyl sites for hydroxylation is 4. The lowest BCUT2D eigenvalue weighted by Crippen LogP contribution is -2.25. The van der Waals surface area contributed by atoms with Crippen LogP contribution in [0.4, 0.5) is 5.82 Å². The lowest BCUT2D eigenvalue weighted by atomic mass is 9.98. The maximum atomic E-state index is 6.46. The number of benzene rings is 1. The molecule has 3 nitrogen and oxygen atoms in total. The van der Waals surface area contributed by atoms with E-state index in [9.17, 15) is 0 Å². The number of nitrogen functional groups attached to an aromatic ring is 1. The number of aromatic nitrogens is 2. The molecule has 2 rings (SSSR count). The molecular weight excluding hydrogens is 258 g/mol. The highest BCUT2D eigenvalue weighted by molar-refractivity contribution is 5.75. The standard InChI is InChI=1S/C18H27N3/c1-8-15-20-16(17(19)21(15)18(5,6)7)14-10-12(3)11(2)9-13(14)4/h9-10H,8,19H2,1-7H3. The Hall–Kier alpha value is -1.77. The molecule has 1 aromatic carbocycles. The summed E-state index contributed by atoms with van der Waals surface area (Å²) in [4.78, 5) is 4.83. The Bertz CT molecular complexity index is 673. The Labute approximate surface area is 128 Å². The molecule has 0 fully saturated rings. The van der Waals surface area contributed by atoms with E-state index in [4.69, 9.17) is 10.7 Å². The molecule has 0 atom stereocenters. The van der Waals surface area contributed by atoms with Crippen LogP contribution in [-0.4, -0.2) is 9.55 Å². The van der Waals surface area contributed by atoms with Crippen LogP contribution in [0.3, 0.4) is 0 Å². The fraction of sp³-hybridized carbons (Fsp3) is 0.500. The topological polar surface area (TPSA) is 43.8 Å². The molecule has 0 spiro atoms. The van der Waals surface area contributed by atoms with Gasteiger partial charge in [0, 0.05) is 17.5 Å². The average Bonchev–Trinajstić information content (AvgIpc) is 2.70. The summed E-state index contributed by atoms with van der Waals surface area (Å²) in [6.45, 7) is 15.0. The second-order valence-electron chi connectivity index (χ2n) is 6.87. The van der Waals surface area contributed by atoms with Crippen LogP contribution in [0.5, 0.6) is 0 Å². The third-order valence-corrected chi connectivity index (χ3v) is 4.07. The molecule has 3 heteroatoms. The largest absolute Gasteiger partial charge is 0.383 e. The predicted molar refractivity (Wildman–Crippen MR) is 90.7 cm³/mol. The van der Waals surface area contributed by atoms with Crippen molar-refractivity contribution < 1.29 is 0 Å². The first kappa shape index (κ1) is 15.6.